The Balaban J connectivity index is 1.71. The Morgan fingerprint density at radius 3 is 2.82 bits per heavy atom. The minimum atomic E-state index is -0.505. The van der Waals surface area contributed by atoms with E-state index >= 15 is 0 Å². The SMILES string of the molecule is O=C(CSc1[nH]c2ccccc2[nH+]1)c1cccc([N+](=O)[O-])c1. The number of para-hydroxylation sites is 2. The number of carbonyl (C=O) groups is 1. The van der Waals surface area contributed by atoms with E-state index in [4.69, 9.17) is 0 Å². The van der Waals surface area contributed by atoms with Crippen molar-refractivity contribution in [1.29, 1.82) is 0 Å². The molecule has 3 aromatic rings. The zero-order chi connectivity index (χ0) is 15.5. The fourth-order valence-corrected chi connectivity index (χ4v) is 2.87. The van der Waals surface area contributed by atoms with E-state index in [1.807, 2.05) is 24.3 Å². The first-order valence-electron chi connectivity index (χ1n) is 6.54. The zero-order valence-electron chi connectivity index (χ0n) is 11.4. The summed E-state index contributed by atoms with van der Waals surface area (Å²) in [4.78, 5) is 28.7. The van der Waals surface area contributed by atoms with Crippen molar-refractivity contribution in [3.05, 3.63) is 64.2 Å². The largest absolute Gasteiger partial charge is 0.314 e. The van der Waals surface area contributed by atoms with Crippen LogP contribution in [0.3, 0.4) is 0 Å². The number of nitrogens with one attached hydrogen (secondary N) is 2. The van der Waals surface area contributed by atoms with Crippen molar-refractivity contribution in [2.45, 2.75) is 5.16 Å². The topological polar surface area (TPSA) is 90.1 Å². The maximum absolute atomic E-state index is 12.1. The molecular weight excluding hydrogens is 302 g/mol. The normalized spacial score (nSPS) is 10.7. The van der Waals surface area contributed by atoms with Gasteiger partial charge in [0.25, 0.3) is 5.69 Å². The van der Waals surface area contributed by atoms with E-state index in [1.165, 1.54) is 30.0 Å². The summed E-state index contributed by atoms with van der Waals surface area (Å²) in [6.07, 6.45) is 0. The number of nitro groups is 1. The molecule has 0 amide bonds. The molecule has 1 aromatic heterocycles. The summed E-state index contributed by atoms with van der Waals surface area (Å²) in [5.74, 6) is 0.0468. The molecule has 110 valence electrons. The van der Waals surface area contributed by atoms with Crippen LogP contribution in [0.25, 0.3) is 11.0 Å². The number of rotatable bonds is 5. The minimum absolute atomic E-state index is 0.0759. The molecule has 0 aliphatic heterocycles. The van der Waals surface area contributed by atoms with Crippen molar-refractivity contribution in [1.82, 2.24) is 4.98 Å². The van der Waals surface area contributed by atoms with Crippen LogP contribution in [0.15, 0.2) is 53.7 Å². The second-order valence-corrected chi connectivity index (χ2v) is 5.63. The fraction of sp³-hybridized carbons (Fsp3) is 0.0667. The number of benzene rings is 2. The van der Waals surface area contributed by atoms with Crippen LogP contribution >= 0.6 is 11.8 Å². The van der Waals surface area contributed by atoms with Crippen molar-refractivity contribution >= 4 is 34.3 Å². The number of aromatic amines is 2. The van der Waals surface area contributed by atoms with E-state index < -0.39 is 4.92 Å². The van der Waals surface area contributed by atoms with Gasteiger partial charge in [-0.2, -0.15) is 0 Å². The first-order valence-corrected chi connectivity index (χ1v) is 7.52. The predicted molar refractivity (Wildman–Crippen MR) is 83.0 cm³/mol. The minimum Gasteiger partial charge on any atom is -0.293 e. The van der Waals surface area contributed by atoms with E-state index in [0.29, 0.717) is 5.56 Å². The van der Waals surface area contributed by atoms with Crippen LogP contribution in [0.4, 0.5) is 5.69 Å². The molecule has 0 unspecified atom stereocenters. The van der Waals surface area contributed by atoms with E-state index in [2.05, 4.69) is 9.97 Å². The predicted octanol–water partition coefficient (Wildman–Crippen LogP) is 2.87. The van der Waals surface area contributed by atoms with Crippen molar-refractivity contribution in [3.63, 3.8) is 0 Å². The van der Waals surface area contributed by atoms with Gasteiger partial charge in [0.15, 0.2) is 16.8 Å². The Morgan fingerprint density at radius 1 is 1.23 bits per heavy atom. The average molecular weight is 314 g/mol. The van der Waals surface area contributed by atoms with Gasteiger partial charge < -0.3 is 0 Å². The second kappa shape index (κ2) is 5.98. The lowest BCUT2D eigenvalue weighted by molar-refractivity contribution is -0.396. The van der Waals surface area contributed by atoms with Crippen LogP contribution in [0, 0.1) is 10.1 Å². The highest BCUT2D eigenvalue weighted by Gasteiger charge is 2.15. The van der Waals surface area contributed by atoms with Gasteiger partial charge in [-0.15, -0.1) is 0 Å². The average Bonchev–Trinajstić information content (AvgIpc) is 2.95. The number of thioether (sulfide) groups is 1. The van der Waals surface area contributed by atoms with Gasteiger partial charge in [-0.25, -0.2) is 9.97 Å². The summed E-state index contributed by atoms with van der Waals surface area (Å²) in [5, 5.41) is 11.5. The number of nitrogens with zero attached hydrogens (tertiary/aromatic N) is 1. The molecule has 2 N–H and O–H groups in total. The quantitative estimate of drug-likeness (QED) is 0.339. The molecule has 0 saturated carbocycles. The van der Waals surface area contributed by atoms with Gasteiger partial charge >= 0.3 is 5.16 Å². The molecule has 0 spiro atoms. The lowest BCUT2D eigenvalue weighted by Crippen LogP contribution is -2.07. The number of non-ortho nitro benzene ring substituents is 1. The number of H-pyrrole nitrogens is 2. The molecule has 0 aliphatic rings. The summed E-state index contributed by atoms with van der Waals surface area (Å²) in [7, 11) is 0. The molecule has 7 heteroatoms. The van der Waals surface area contributed by atoms with Crippen LogP contribution in [-0.4, -0.2) is 21.4 Å². The first kappa shape index (κ1) is 14.3. The maximum Gasteiger partial charge on any atom is 0.314 e. The molecule has 0 aliphatic carbocycles. The Labute approximate surface area is 129 Å². The number of nitro benzene ring substituents is 1. The van der Waals surface area contributed by atoms with Gasteiger partial charge in [-0.1, -0.05) is 24.3 Å². The smallest absolute Gasteiger partial charge is 0.293 e. The van der Waals surface area contributed by atoms with Crippen LogP contribution in [0.5, 0.6) is 0 Å². The summed E-state index contributed by atoms with van der Waals surface area (Å²) >= 11 is 1.33. The zero-order valence-corrected chi connectivity index (χ0v) is 12.2. The third kappa shape index (κ3) is 2.99. The molecule has 22 heavy (non-hydrogen) atoms. The molecular formula is C15H12N3O3S+. The molecule has 0 radical (unpaired) electrons. The highest BCUT2D eigenvalue weighted by molar-refractivity contribution is 7.99. The van der Waals surface area contributed by atoms with Gasteiger partial charge in [0, 0.05) is 17.7 Å². The number of fused-ring (bicyclic) bond motifs is 1. The van der Waals surface area contributed by atoms with Crippen LogP contribution in [0.1, 0.15) is 10.4 Å². The second-order valence-electron chi connectivity index (χ2n) is 4.64. The van der Waals surface area contributed by atoms with E-state index in [1.54, 1.807) is 6.07 Å². The van der Waals surface area contributed by atoms with Crippen molar-refractivity contribution in [2.75, 3.05) is 5.75 Å². The highest BCUT2D eigenvalue weighted by Crippen LogP contribution is 2.19. The monoisotopic (exact) mass is 314 g/mol. The lowest BCUT2D eigenvalue weighted by Gasteiger charge is -1.98. The van der Waals surface area contributed by atoms with E-state index in [0.717, 1.165) is 16.2 Å². The molecule has 2 aromatic carbocycles. The number of ketones is 1. The number of Topliss-reactive ketones (excluding diaryl/α,β-unsaturated/α-hetero) is 1. The molecule has 0 bridgehead atoms. The van der Waals surface area contributed by atoms with Gasteiger partial charge in [-0.05, 0) is 23.9 Å². The Bertz CT molecular complexity index is 827. The Morgan fingerprint density at radius 2 is 2.05 bits per heavy atom. The van der Waals surface area contributed by atoms with Crippen LogP contribution < -0.4 is 4.98 Å². The van der Waals surface area contributed by atoms with Gasteiger partial charge in [-0.3, -0.25) is 14.9 Å². The number of hydrogen-bond donors (Lipinski definition) is 1. The van der Waals surface area contributed by atoms with Gasteiger partial charge in [0.05, 0.1) is 10.7 Å². The molecule has 1 heterocycles. The first-order chi connectivity index (χ1) is 10.6. The van der Waals surface area contributed by atoms with Gasteiger partial charge in [0.1, 0.15) is 0 Å². The van der Waals surface area contributed by atoms with Crippen molar-refractivity contribution in [2.24, 2.45) is 0 Å². The standard InChI is InChI=1S/C15H11N3O3S/c19-14(10-4-3-5-11(8-10)18(20)21)9-22-15-16-12-6-1-2-7-13(12)17-15/h1-8H,9H2,(H,16,17)/p+1. The highest BCUT2D eigenvalue weighted by atomic mass is 32.2. The van der Waals surface area contributed by atoms with E-state index in [9.17, 15) is 14.9 Å². The lowest BCUT2D eigenvalue weighted by atomic mass is 10.1. The third-order valence-electron chi connectivity index (χ3n) is 3.15. The van der Waals surface area contributed by atoms with E-state index in [-0.39, 0.29) is 17.2 Å². The molecule has 0 saturated heterocycles. The Kier molecular flexibility index (Phi) is 3.88. The van der Waals surface area contributed by atoms with Gasteiger partial charge in [0.2, 0.25) is 0 Å². The maximum atomic E-state index is 12.1. The van der Waals surface area contributed by atoms with Crippen molar-refractivity contribution in [3.8, 4) is 0 Å². The van der Waals surface area contributed by atoms with Crippen LogP contribution in [0.2, 0.25) is 0 Å². The molecule has 0 fully saturated rings. The summed E-state index contributed by atoms with van der Waals surface area (Å²) < 4.78 is 0. The number of hydrogen-bond acceptors (Lipinski definition) is 4. The third-order valence-corrected chi connectivity index (χ3v) is 4.05. The fourth-order valence-electron chi connectivity index (χ4n) is 2.06. The number of carbonyl (C=O) groups excluding carboxylic acids is 1. The molecule has 0 atom stereocenters. The molecule has 6 nitrogen and oxygen atoms in total. The van der Waals surface area contributed by atoms with Crippen LogP contribution in [-0.2, 0) is 0 Å². The summed E-state index contributed by atoms with van der Waals surface area (Å²) in [6, 6.07) is 13.5. The summed E-state index contributed by atoms with van der Waals surface area (Å²) in [6.45, 7) is 0. The number of aromatic nitrogens is 2. The Hall–Kier alpha value is -2.67. The van der Waals surface area contributed by atoms with Crippen molar-refractivity contribution < 1.29 is 14.7 Å². The molecule has 3 rings (SSSR count). The summed E-state index contributed by atoms with van der Waals surface area (Å²) in [5.41, 5.74) is 2.20. The number of imidazole rings is 1.